The molecule has 1 aliphatic rings. The highest BCUT2D eigenvalue weighted by molar-refractivity contribution is 6.31. The van der Waals surface area contributed by atoms with Crippen molar-refractivity contribution in [2.45, 2.75) is 25.4 Å². The highest BCUT2D eigenvalue weighted by Gasteiger charge is 2.24. The Bertz CT molecular complexity index is 678. The first kappa shape index (κ1) is 16.9. The van der Waals surface area contributed by atoms with Crippen LogP contribution in [-0.4, -0.2) is 41.6 Å². The lowest BCUT2D eigenvalue weighted by Crippen LogP contribution is -2.46. The molecule has 24 heavy (non-hydrogen) atoms. The molecule has 1 atom stereocenters. The van der Waals surface area contributed by atoms with Gasteiger partial charge in [-0.05, 0) is 35.7 Å². The molecule has 1 aromatic heterocycles. The molecule has 126 valence electrons. The third-order valence-corrected chi connectivity index (χ3v) is 4.64. The van der Waals surface area contributed by atoms with Crippen molar-refractivity contribution in [3.05, 3.63) is 64.9 Å². The Balaban J connectivity index is 1.53. The fourth-order valence-corrected chi connectivity index (χ4v) is 3.15. The smallest absolute Gasteiger partial charge is 0.223 e. The van der Waals surface area contributed by atoms with Crippen molar-refractivity contribution in [1.29, 1.82) is 0 Å². The fourth-order valence-electron chi connectivity index (χ4n) is 2.94. The number of benzene rings is 1. The molecule has 0 aliphatic carbocycles. The number of hydrogen-bond acceptors (Lipinski definition) is 3. The van der Waals surface area contributed by atoms with Gasteiger partial charge in [0.2, 0.25) is 5.91 Å². The minimum Gasteiger partial charge on any atom is -0.374 e. The second-order valence-corrected chi connectivity index (χ2v) is 6.39. The number of halogens is 1. The number of carbonyl (C=O) groups is 1. The van der Waals surface area contributed by atoms with Crippen LogP contribution in [0.15, 0.2) is 48.8 Å². The number of amides is 1. The molecule has 1 amide bonds. The van der Waals surface area contributed by atoms with E-state index in [1.807, 2.05) is 41.3 Å². The zero-order valence-electron chi connectivity index (χ0n) is 13.5. The average Bonchev–Trinajstić information content (AvgIpc) is 2.63. The van der Waals surface area contributed by atoms with Gasteiger partial charge < -0.3 is 9.64 Å². The highest BCUT2D eigenvalue weighted by atomic mass is 35.5. The molecule has 0 bridgehead atoms. The van der Waals surface area contributed by atoms with Crippen molar-refractivity contribution in [2.24, 2.45) is 0 Å². The largest absolute Gasteiger partial charge is 0.374 e. The third kappa shape index (κ3) is 4.56. The van der Waals surface area contributed by atoms with Crippen molar-refractivity contribution in [3.8, 4) is 0 Å². The van der Waals surface area contributed by atoms with E-state index in [1.54, 1.807) is 12.4 Å². The molecule has 2 heterocycles. The second-order valence-electron chi connectivity index (χ2n) is 5.98. The van der Waals surface area contributed by atoms with Crippen LogP contribution in [0.25, 0.3) is 0 Å². The van der Waals surface area contributed by atoms with Crippen LogP contribution in [0.3, 0.4) is 0 Å². The number of nitrogens with zero attached hydrogens (tertiary/aromatic N) is 2. The molecule has 3 rings (SSSR count). The number of aryl methyl sites for hydroxylation is 1. The topological polar surface area (TPSA) is 42.4 Å². The van der Waals surface area contributed by atoms with Gasteiger partial charge in [0.1, 0.15) is 0 Å². The normalized spacial score (nSPS) is 17.7. The molecule has 0 saturated carbocycles. The lowest BCUT2D eigenvalue weighted by Gasteiger charge is -2.33. The molecule has 1 saturated heterocycles. The van der Waals surface area contributed by atoms with E-state index in [9.17, 15) is 4.79 Å². The number of hydrogen-bond donors (Lipinski definition) is 0. The molecule has 0 N–H and O–H groups in total. The first-order valence-electron chi connectivity index (χ1n) is 8.24. The van der Waals surface area contributed by atoms with E-state index in [4.69, 9.17) is 16.3 Å². The van der Waals surface area contributed by atoms with E-state index in [1.165, 1.54) is 0 Å². The van der Waals surface area contributed by atoms with Crippen LogP contribution in [-0.2, 0) is 22.4 Å². The summed E-state index contributed by atoms with van der Waals surface area (Å²) in [6.07, 6.45) is 5.51. The van der Waals surface area contributed by atoms with Crippen molar-refractivity contribution in [2.75, 3.05) is 19.7 Å². The number of rotatable bonds is 5. The predicted molar refractivity (Wildman–Crippen MR) is 94.0 cm³/mol. The first-order valence-corrected chi connectivity index (χ1v) is 8.62. The Morgan fingerprint density at radius 2 is 2.04 bits per heavy atom. The van der Waals surface area contributed by atoms with Gasteiger partial charge in [-0.2, -0.15) is 0 Å². The van der Waals surface area contributed by atoms with Gasteiger partial charge in [-0.15, -0.1) is 0 Å². The van der Waals surface area contributed by atoms with Gasteiger partial charge in [0.05, 0.1) is 12.7 Å². The Labute approximate surface area is 147 Å². The molecule has 0 unspecified atom stereocenters. The fraction of sp³-hybridized carbons (Fsp3) is 0.368. The minimum atomic E-state index is 0.00326. The lowest BCUT2D eigenvalue weighted by atomic mass is 10.1. The zero-order chi connectivity index (χ0) is 16.8. The van der Waals surface area contributed by atoms with Crippen LogP contribution in [0.5, 0.6) is 0 Å². The zero-order valence-corrected chi connectivity index (χ0v) is 14.3. The third-order valence-electron chi connectivity index (χ3n) is 4.27. The molecule has 5 heteroatoms. The number of morpholine rings is 1. The summed E-state index contributed by atoms with van der Waals surface area (Å²) in [5, 5.41) is 0.752. The Morgan fingerprint density at radius 3 is 2.83 bits per heavy atom. The molecule has 1 aromatic carbocycles. The SMILES string of the molecule is O=C(CCc1ccncc1)N1CCO[C@@H](Cc2ccccc2Cl)C1. The number of carbonyl (C=O) groups excluding carboxylic acids is 1. The van der Waals surface area contributed by atoms with Gasteiger partial charge in [0, 0.05) is 43.3 Å². The molecule has 2 aromatic rings. The second kappa shape index (κ2) is 8.27. The van der Waals surface area contributed by atoms with E-state index in [-0.39, 0.29) is 12.0 Å². The van der Waals surface area contributed by atoms with Crippen LogP contribution in [0.4, 0.5) is 0 Å². The van der Waals surface area contributed by atoms with E-state index >= 15 is 0 Å². The molecular formula is C19H21ClN2O2. The molecule has 0 radical (unpaired) electrons. The van der Waals surface area contributed by atoms with Crippen LogP contribution < -0.4 is 0 Å². The number of aromatic nitrogens is 1. The van der Waals surface area contributed by atoms with E-state index < -0.39 is 0 Å². The van der Waals surface area contributed by atoms with Crippen molar-refractivity contribution >= 4 is 17.5 Å². The van der Waals surface area contributed by atoms with Crippen LogP contribution in [0, 0.1) is 0 Å². The molecule has 0 spiro atoms. The van der Waals surface area contributed by atoms with E-state index in [0.29, 0.717) is 26.1 Å². The summed E-state index contributed by atoms with van der Waals surface area (Å²) < 4.78 is 5.82. The number of ether oxygens (including phenoxy) is 1. The van der Waals surface area contributed by atoms with Gasteiger partial charge in [-0.3, -0.25) is 9.78 Å². The summed E-state index contributed by atoms with van der Waals surface area (Å²) in [6.45, 7) is 1.87. The van der Waals surface area contributed by atoms with E-state index in [0.717, 1.165) is 29.0 Å². The summed E-state index contributed by atoms with van der Waals surface area (Å²) in [4.78, 5) is 18.4. The molecule has 4 nitrogen and oxygen atoms in total. The Hall–Kier alpha value is -1.91. The molecule has 1 aliphatic heterocycles. The van der Waals surface area contributed by atoms with Gasteiger partial charge in [-0.25, -0.2) is 0 Å². The standard InChI is InChI=1S/C19H21ClN2O2/c20-18-4-2-1-3-16(18)13-17-14-22(11-12-24-17)19(23)6-5-15-7-9-21-10-8-15/h1-4,7-10,17H,5-6,11-14H2/t17-/m0/s1. The van der Waals surface area contributed by atoms with Gasteiger partial charge in [0.25, 0.3) is 0 Å². The highest BCUT2D eigenvalue weighted by Crippen LogP contribution is 2.20. The van der Waals surface area contributed by atoms with Crippen molar-refractivity contribution in [1.82, 2.24) is 9.88 Å². The average molecular weight is 345 g/mol. The van der Waals surface area contributed by atoms with Gasteiger partial charge in [0.15, 0.2) is 0 Å². The Kier molecular flexibility index (Phi) is 5.83. The van der Waals surface area contributed by atoms with Crippen molar-refractivity contribution < 1.29 is 9.53 Å². The lowest BCUT2D eigenvalue weighted by molar-refractivity contribution is -0.138. The summed E-state index contributed by atoms with van der Waals surface area (Å²) in [5.74, 6) is 0.180. The summed E-state index contributed by atoms with van der Waals surface area (Å²) in [5.41, 5.74) is 2.20. The quantitative estimate of drug-likeness (QED) is 0.836. The summed E-state index contributed by atoms with van der Waals surface area (Å²) in [6, 6.07) is 11.7. The summed E-state index contributed by atoms with van der Waals surface area (Å²) in [7, 11) is 0. The molecule has 1 fully saturated rings. The Morgan fingerprint density at radius 1 is 1.25 bits per heavy atom. The minimum absolute atomic E-state index is 0.00326. The maximum absolute atomic E-state index is 12.5. The summed E-state index contributed by atoms with van der Waals surface area (Å²) >= 11 is 6.22. The van der Waals surface area contributed by atoms with Gasteiger partial charge in [-0.1, -0.05) is 29.8 Å². The predicted octanol–water partition coefficient (Wildman–Crippen LogP) is 3.14. The van der Waals surface area contributed by atoms with Crippen LogP contribution in [0.2, 0.25) is 5.02 Å². The van der Waals surface area contributed by atoms with Gasteiger partial charge >= 0.3 is 0 Å². The maximum atomic E-state index is 12.5. The number of pyridine rings is 1. The molecular weight excluding hydrogens is 324 g/mol. The van der Waals surface area contributed by atoms with Crippen molar-refractivity contribution in [3.63, 3.8) is 0 Å². The monoisotopic (exact) mass is 344 g/mol. The first-order chi connectivity index (χ1) is 11.7. The maximum Gasteiger partial charge on any atom is 0.223 e. The van der Waals surface area contributed by atoms with Crippen LogP contribution in [0.1, 0.15) is 17.5 Å². The van der Waals surface area contributed by atoms with Crippen LogP contribution >= 0.6 is 11.6 Å². The van der Waals surface area contributed by atoms with E-state index in [2.05, 4.69) is 4.98 Å².